The van der Waals surface area contributed by atoms with Crippen molar-refractivity contribution < 1.29 is 27.9 Å². The topological polar surface area (TPSA) is 133 Å². The number of hydrogen-bond donors (Lipinski definition) is 0. The van der Waals surface area contributed by atoms with Gasteiger partial charge in [0.15, 0.2) is 34.9 Å². The molecule has 3 fully saturated rings. The first-order valence-corrected chi connectivity index (χ1v) is 44.3. The summed E-state index contributed by atoms with van der Waals surface area (Å²) >= 11 is 6.92. The van der Waals surface area contributed by atoms with Crippen LogP contribution in [0.4, 0.5) is 0 Å². The second kappa shape index (κ2) is 34.0. The van der Waals surface area contributed by atoms with E-state index in [1.807, 2.05) is 189 Å². The molecule has 0 unspecified atom stereocenters. The van der Waals surface area contributed by atoms with Crippen molar-refractivity contribution in [2.24, 2.45) is 0 Å². The van der Waals surface area contributed by atoms with Crippen LogP contribution in [0.15, 0.2) is 231 Å². The van der Waals surface area contributed by atoms with Crippen molar-refractivity contribution in [2.45, 2.75) is 274 Å². The van der Waals surface area contributed by atoms with E-state index >= 15 is 0 Å². The molecule has 15 rings (SSSR count). The zero-order chi connectivity index (χ0) is 90.3. The first-order chi connectivity index (χ1) is 57.5. The van der Waals surface area contributed by atoms with E-state index in [9.17, 15) is 0 Å². The number of halogens is 1. The summed E-state index contributed by atoms with van der Waals surface area (Å²) in [4.78, 5) is 30.1. The van der Waals surface area contributed by atoms with Gasteiger partial charge >= 0.3 is 21.1 Å². The van der Waals surface area contributed by atoms with Gasteiger partial charge in [-0.1, -0.05) is 330 Å². The highest BCUT2D eigenvalue weighted by molar-refractivity contribution is 7.11. The molecule has 0 radical (unpaired) electrons. The highest BCUT2D eigenvalue weighted by Gasteiger charge is 2.64. The van der Waals surface area contributed by atoms with Gasteiger partial charge < -0.3 is 27.9 Å². The van der Waals surface area contributed by atoms with Crippen molar-refractivity contribution >= 4 is 38.2 Å². The van der Waals surface area contributed by atoms with Gasteiger partial charge in [-0.2, -0.15) is 0 Å². The molecule has 10 aromatic carbocycles. The normalized spacial score (nSPS) is 16.7. The molecular formula is C108H128B3ClN6O6. The minimum Gasteiger partial charge on any atom is -0.405 e. The maximum atomic E-state index is 6.92. The van der Waals surface area contributed by atoms with Crippen LogP contribution < -0.4 is 5.46 Å². The Morgan fingerprint density at radius 1 is 0.210 bits per heavy atom. The van der Waals surface area contributed by atoms with Crippen LogP contribution in [-0.4, -0.2) is 84.6 Å². The van der Waals surface area contributed by atoms with Crippen LogP contribution in [-0.2, 0) is 60.4 Å². The quantitative estimate of drug-likeness (QED) is 0.108. The third-order valence-electron chi connectivity index (χ3n) is 25.3. The third kappa shape index (κ3) is 20.8. The first kappa shape index (κ1) is 92.1. The SMILES string of the molecule is CC(C)(C)c1cc(-c2cc(B3OC(C)(C)C(C)(C)O3)cc(-c3nc(-c4ccccc4)nc(-c4ccccc4)n3)c2)cc(-c2cc(C(C)(C)C)cc(C(C)(C)C)c2)c1.CC(C)(C)c1cc(-c2cc(Cl)cc(-c3nc(-c4ccccc4)nc(-c4ccccc4)n3)c2)cc(-c2cc(C(C)(C)C)cc(C(C)(C)C)c2)c1.CC1(C)OB(B2OC(C)(C)C(C)(C)O2)OC1(C)C. The minimum absolute atomic E-state index is 0.00566. The highest BCUT2D eigenvalue weighted by Crippen LogP contribution is 2.47. The third-order valence-corrected chi connectivity index (χ3v) is 25.5. The van der Waals surface area contributed by atoms with E-state index in [0.717, 1.165) is 61.1 Å². The second-order valence-corrected chi connectivity index (χ2v) is 43.6. The predicted octanol–water partition coefficient (Wildman–Crippen LogP) is 27.4. The second-order valence-electron chi connectivity index (χ2n) is 43.2. The lowest BCUT2D eigenvalue weighted by molar-refractivity contribution is 0.00578. The van der Waals surface area contributed by atoms with Crippen molar-refractivity contribution in [3.63, 3.8) is 0 Å². The van der Waals surface area contributed by atoms with Gasteiger partial charge in [0.1, 0.15) is 0 Å². The Labute approximate surface area is 746 Å². The summed E-state index contributed by atoms with van der Waals surface area (Å²) < 4.78 is 37.3. The van der Waals surface area contributed by atoms with E-state index < -0.39 is 32.3 Å². The summed E-state index contributed by atoms with van der Waals surface area (Å²) in [5, 5.41) is 0.628. The average Bonchev–Trinajstić information content (AvgIpc) is 1.68. The van der Waals surface area contributed by atoms with E-state index in [-0.39, 0.29) is 54.9 Å². The van der Waals surface area contributed by atoms with E-state index in [1.165, 1.54) is 55.6 Å². The standard InChI is InChI=1S/C51H58BN3O2.C45H46ClN3.C12H24B2O4/c1-47(2,3)40-26-35(24-36(27-40)38-28-41(48(4,5)6)32-42(29-38)49(7,8)9)37-25-39(31-43(30-37)52-56-50(10,11)51(12,13)57-52)46-54-44(33-20-16-14-17-21-33)53-45(55-46)34-22-18-15-19-23-34;1-43(2,3)36-22-31(20-32(23-36)34-24-37(44(4,5)6)28-38(25-34)45(7,8)9)33-21-35(27-39(46)26-33)42-48-40(29-16-12-10-13-17-29)47-41(49-42)30-18-14-11-15-19-30;1-9(2)10(3,4)16-13(15-9)14-17-11(5,6)12(7,8)18-14/h14-32H,1-13H3;10-28H,1-9H3;1-8H3. The summed E-state index contributed by atoms with van der Waals surface area (Å²) in [5.41, 5.74) is 20.7. The molecule has 0 saturated carbocycles. The molecular weight excluding hydrogens is 1550 g/mol. The van der Waals surface area contributed by atoms with Gasteiger partial charge in [-0.25, -0.2) is 29.9 Å². The Kier molecular flexibility index (Phi) is 25.3. The summed E-state index contributed by atoms with van der Waals surface area (Å²) in [6.07, 6.45) is 0. The number of aromatic nitrogens is 6. The van der Waals surface area contributed by atoms with E-state index in [0.29, 0.717) is 40.0 Å². The molecule has 0 atom stereocenters. The van der Waals surface area contributed by atoms with Crippen LogP contribution in [0.3, 0.4) is 0 Å². The maximum absolute atomic E-state index is 6.92. The zero-order valence-corrected chi connectivity index (χ0v) is 79.9. The molecule has 0 amide bonds. The van der Waals surface area contributed by atoms with Gasteiger partial charge in [-0.15, -0.1) is 0 Å². The largest absolute Gasteiger partial charge is 0.494 e. The van der Waals surface area contributed by atoms with Crippen LogP contribution in [0.1, 0.15) is 241 Å². The molecule has 3 saturated heterocycles. The van der Waals surface area contributed by atoms with Gasteiger partial charge in [0.25, 0.3) is 0 Å². The summed E-state index contributed by atoms with van der Waals surface area (Å²) in [7, 11) is -1.53. The van der Waals surface area contributed by atoms with Crippen molar-refractivity contribution in [1.82, 2.24) is 29.9 Å². The molecule has 642 valence electrons. The molecule has 12 aromatic rings. The lowest BCUT2D eigenvalue weighted by Crippen LogP contribution is -2.41. The van der Waals surface area contributed by atoms with Crippen LogP contribution in [0, 0.1) is 0 Å². The van der Waals surface area contributed by atoms with Gasteiger partial charge in [0, 0.05) is 38.4 Å². The molecule has 5 heterocycles. The Balaban J connectivity index is 0.000000179. The summed E-state index contributed by atoms with van der Waals surface area (Å²) in [6.45, 7) is 65.8. The zero-order valence-electron chi connectivity index (χ0n) is 79.2. The summed E-state index contributed by atoms with van der Waals surface area (Å²) in [5.74, 6) is 3.64. The molecule has 16 heteroatoms. The Morgan fingerprint density at radius 3 is 0.637 bits per heavy atom. The molecule has 3 aliphatic rings. The minimum atomic E-state index is -0.583. The van der Waals surface area contributed by atoms with Gasteiger partial charge in [0.2, 0.25) is 0 Å². The first-order valence-electron chi connectivity index (χ1n) is 43.9. The maximum Gasteiger partial charge on any atom is 0.494 e. The van der Waals surface area contributed by atoms with Crippen molar-refractivity contribution in [2.75, 3.05) is 0 Å². The Bertz CT molecular complexity index is 5610. The lowest BCUT2D eigenvalue weighted by atomic mass is 9.49. The molecule has 3 aliphatic heterocycles. The fraction of sp³-hybridized carbons (Fsp3) is 0.389. The monoisotopic (exact) mass is 1670 g/mol. The van der Waals surface area contributed by atoms with E-state index in [2.05, 4.69) is 249 Å². The van der Waals surface area contributed by atoms with Gasteiger partial charge in [-0.3, -0.25) is 0 Å². The number of nitrogens with zero attached hydrogens (tertiary/aromatic N) is 6. The van der Waals surface area contributed by atoms with Crippen molar-refractivity contribution in [3.8, 4) is 113 Å². The molecule has 0 N–H and O–H groups in total. The van der Waals surface area contributed by atoms with Gasteiger partial charge in [-0.05, 0) is 235 Å². The lowest BCUT2D eigenvalue weighted by Gasteiger charge is -2.32. The number of benzene rings is 10. The van der Waals surface area contributed by atoms with Gasteiger partial charge in [0.05, 0.1) is 33.6 Å². The predicted molar refractivity (Wildman–Crippen MR) is 519 cm³/mol. The smallest absolute Gasteiger partial charge is 0.405 e. The molecule has 2 aromatic heterocycles. The average molecular weight is 1670 g/mol. The number of rotatable bonds is 12. The Hall–Kier alpha value is -9.54. The van der Waals surface area contributed by atoms with E-state index in [1.54, 1.807) is 0 Å². The van der Waals surface area contributed by atoms with Crippen LogP contribution in [0.25, 0.3) is 113 Å². The molecule has 124 heavy (non-hydrogen) atoms. The highest BCUT2D eigenvalue weighted by atomic mass is 35.5. The van der Waals surface area contributed by atoms with E-state index in [4.69, 9.17) is 69.4 Å². The Morgan fingerprint density at radius 2 is 0.387 bits per heavy atom. The number of hydrogen-bond acceptors (Lipinski definition) is 12. The fourth-order valence-electron chi connectivity index (χ4n) is 14.9. The molecule has 12 nitrogen and oxygen atoms in total. The summed E-state index contributed by atoms with van der Waals surface area (Å²) in [6, 6.07) is 81.3. The van der Waals surface area contributed by atoms with Crippen molar-refractivity contribution in [1.29, 1.82) is 0 Å². The van der Waals surface area contributed by atoms with Crippen molar-refractivity contribution in [3.05, 3.63) is 269 Å². The molecule has 0 spiro atoms. The van der Waals surface area contributed by atoms with Crippen LogP contribution in [0.5, 0.6) is 0 Å². The molecule has 0 aliphatic carbocycles. The van der Waals surface area contributed by atoms with Crippen LogP contribution >= 0.6 is 11.6 Å². The molecule has 0 bridgehead atoms. The van der Waals surface area contributed by atoms with Crippen LogP contribution in [0.2, 0.25) is 5.02 Å². The fourth-order valence-corrected chi connectivity index (χ4v) is 15.2.